The Labute approximate surface area is 80.5 Å². The second-order valence-corrected chi connectivity index (χ2v) is 4.30. The minimum Gasteiger partial charge on any atom is -0.296 e. The predicted octanol–water partition coefficient (Wildman–Crippen LogP) is 2.16. The first-order valence-corrected chi connectivity index (χ1v) is 5.52. The molecule has 2 atom stereocenters. The van der Waals surface area contributed by atoms with E-state index in [4.69, 9.17) is 5.26 Å². The van der Waals surface area contributed by atoms with Crippen molar-refractivity contribution in [3.05, 3.63) is 0 Å². The molecule has 0 aromatic heterocycles. The fourth-order valence-electron chi connectivity index (χ4n) is 2.66. The van der Waals surface area contributed by atoms with Crippen LogP contribution in [0.5, 0.6) is 0 Å². The van der Waals surface area contributed by atoms with E-state index in [9.17, 15) is 0 Å². The largest absolute Gasteiger partial charge is 0.296 e. The zero-order valence-electron chi connectivity index (χ0n) is 8.37. The van der Waals surface area contributed by atoms with E-state index in [1.54, 1.807) is 0 Å². The summed E-state index contributed by atoms with van der Waals surface area (Å²) in [4.78, 5) is 2.57. The second-order valence-electron chi connectivity index (χ2n) is 4.30. The molecule has 0 heterocycles. The standard InChI is InChI=1S/C11H18N2/c1-2-13(10-6-7-10)11-5-3-4-9(11)8-12/h9-11H,2-7H2,1H3. The van der Waals surface area contributed by atoms with Crippen molar-refractivity contribution in [3.8, 4) is 6.07 Å². The summed E-state index contributed by atoms with van der Waals surface area (Å²) < 4.78 is 0. The van der Waals surface area contributed by atoms with Gasteiger partial charge in [0.2, 0.25) is 0 Å². The predicted molar refractivity (Wildman–Crippen MR) is 52.1 cm³/mol. The van der Waals surface area contributed by atoms with Gasteiger partial charge in [-0.3, -0.25) is 4.90 Å². The van der Waals surface area contributed by atoms with Crippen LogP contribution >= 0.6 is 0 Å². The highest BCUT2D eigenvalue weighted by Gasteiger charge is 2.38. The first kappa shape index (κ1) is 9.02. The Morgan fingerprint density at radius 1 is 1.31 bits per heavy atom. The van der Waals surface area contributed by atoms with Crippen LogP contribution in [0.3, 0.4) is 0 Å². The summed E-state index contributed by atoms with van der Waals surface area (Å²) in [5.41, 5.74) is 0. The summed E-state index contributed by atoms with van der Waals surface area (Å²) in [5, 5.41) is 9.01. The maximum absolute atomic E-state index is 9.01. The molecule has 2 nitrogen and oxygen atoms in total. The van der Waals surface area contributed by atoms with Crippen molar-refractivity contribution < 1.29 is 0 Å². The van der Waals surface area contributed by atoms with Gasteiger partial charge in [0.05, 0.1) is 12.0 Å². The lowest BCUT2D eigenvalue weighted by Gasteiger charge is -2.29. The topological polar surface area (TPSA) is 27.0 Å². The van der Waals surface area contributed by atoms with E-state index in [0.717, 1.165) is 19.0 Å². The van der Waals surface area contributed by atoms with Gasteiger partial charge in [-0.1, -0.05) is 13.3 Å². The molecule has 0 aliphatic heterocycles. The molecule has 0 amide bonds. The van der Waals surface area contributed by atoms with Gasteiger partial charge in [-0.05, 0) is 32.2 Å². The molecule has 2 saturated carbocycles. The van der Waals surface area contributed by atoms with Crippen molar-refractivity contribution in [1.82, 2.24) is 4.90 Å². The fourth-order valence-corrected chi connectivity index (χ4v) is 2.66. The molecule has 2 aliphatic carbocycles. The molecule has 0 N–H and O–H groups in total. The third-order valence-electron chi connectivity index (χ3n) is 3.45. The van der Waals surface area contributed by atoms with Crippen LogP contribution in [0.4, 0.5) is 0 Å². The molecule has 0 spiro atoms. The summed E-state index contributed by atoms with van der Waals surface area (Å²) in [6.07, 6.45) is 6.37. The van der Waals surface area contributed by atoms with Gasteiger partial charge in [-0.2, -0.15) is 5.26 Å². The Kier molecular flexibility index (Phi) is 2.55. The molecule has 0 aromatic rings. The van der Waals surface area contributed by atoms with Crippen LogP contribution in [0.2, 0.25) is 0 Å². The van der Waals surface area contributed by atoms with Gasteiger partial charge in [-0.25, -0.2) is 0 Å². The van der Waals surface area contributed by atoms with E-state index in [0.29, 0.717) is 12.0 Å². The highest BCUT2D eigenvalue weighted by molar-refractivity contribution is 5.00. The quantitative estimate of drug-likeness (QED) is 0.662. The average Bonchev–Trinajstić information content (AvgIpc) is 2.86. The summed E-state index contributed by atoms with van der Waals surface area (Å²) in [5.74, 6) is 0.320. The van der Waals surface area contributed by atoms with Crippen LogP contribution in [-0.2, 0) is 0 Å². The summed E-state index contributed by atoms with van der Waals surface area (Å²) in [6, 6.07) is 3.88. The molecule has 0 saturated heterocycles. The van der Waals surface area contributed by atoms with E-state index >= 15 is 0 Å². The Bertz CT molecular complexity index is 215. The SMILES string of the molecule is CCN(C1CC1)C1CCCC1C#N. The van der Waals surface area contributed by atoms with E-state index < -0.39 is 0 Å². The van der Waals surface area contributed by atoms with Gasteiger partial charge in [0.25, 0.3) is 0 Å². The van der Waals surface area contributed by atoms with Crippen molar-refractivity contribution in [1.29, 1.82) is 5.26 Å². The lowest BCUT2D eigenvalue weighted by molar-refractivity contribution is 0.177. The van der Waals surface area contributed by atoms with Crippen molar-refractivity contribution >= 4 is 0 Å². The molecule has 2 unspecified atom stereocenters. The van der Waals surface area contributed by atoms with E-state index in [1.165, 1.54) is 25.7 Å². The molecule has 2 aliphatic rings. The van der Waals surface area contributed by atoms with Crippen LogP contribution in [0.15, 0.2) is 0 Å². The summed E-state index contributed by atoms with van der Waals surface area (Å²) >= 11 is 0. The molecule has 2 fully saturated rings. The smallest absolute Gasteiger partial charge is 0.0672 e. The fraction of sp³-hybridized carbons (Fsp3) is 0.909. The highest BCUT2D eigenvalue weighted by Crippen LogP contribution is 2.36. The minimum absolute atomic E-state index is 0.320. The van der Waals surface area contributed by atoms with E-state index in [2.05, 4.69) is 17.9 Å². The lowest BCUT2D eigenvalue weighted by atomic mass is 10.0. The molecule has 0 aromatic carbocycles. The van der Waals surface area contributed by atoms with Crippen LogP contribution in [0.25, 0.3) is 0 Å². The Hall–Kier alpha value is -0.550. The number of hydrogen-bond donors (Lipinski definition) is 0. The van der Waals surface area contributed by atoms with Crippen LogP contribution in [0, 0.1) is 17.2 Å². The molecule has 13 heavy (non-hydrogen) atoms. The van der Waals surface area contributed by atoms with Crippen LogP contribution in [0.1, 0.15) is 39.0 Å². The van der Waals surface area contributed by atoms with Crippen molar-refractivity contribution in [2.24, 2.45) is 5.92 Å². The maximum Gasteiger partial charge on any atom is 0.0672 e. The molecule has 2 rings (SSSR count). The summed E-state index contributed by atoms with van der Waals surface area (Å²) in [7, 11) is 0. The molecular weight excluding hydrogens is 160 g/mol. The van der Waals surface area contributed by atoms with Crippen molar-refractivity contribution in [2.45, 2.75) is 51.1 Å². The van der Waals surface area contributed by atoms with Gasteiger partial charge in [0.1, 0.15) is 0 Å². The molecule has 0 radical (unpaired) electrons. The molecular formula is C11H18N2. The zero-order chi connectivity index (χ0) is 9.26. The number of hydrogen-bond acceptors (Lipinski definition) is 2. The van der Waals surface area contributed by atoms with Crippen LogP contribution in [-0.4, -0.2) is 23.5 Å². The van der Waals surface area contributed by atoms with Crippen molar-refractivity contribution in [3.63, 3.8) is 0 Å². The molecule has 2 heteroatoms. The van der Waals surface area contributed by atoms with Gasteiger partial charge in [-0.15, -0.1) is 0 Å². The van der Waals surface area contributed by atoms with Gasteiger partial charge < -0.3 is 0 Å². The van der Waals surface area contributed by atoms with E-state index in [-0.39, 0.29) is 0 Å². The summed E-state index contributed by atoms with van der Waals surface area (Å²) in [6.45, 7) is 3.36. The van der Waals surface area contributed by atoms with Gasteiger partial charge >= 0.3 is 0 Å². The first-order chi connectivity index (χ1) is 6.36. The van der Waals surface area contributed by atoms with E-state index in [1.807, 2.05) is 0 Å². The van der Waals surface area contributed by atoms with Crippen LogP contribution < -0.4 is 0 Å². The van der Waals surface area contributed by atoms with Gasteiger partial charge in [0.15, 0.2) is 0 Å². The third-order valence-corrected chi connectivity index (χ3v) is 3.45. The maximum atomic E-state index is 9.01. The zero-order valence-corrected chi connectivity index (χ0v) is 8.37. The third kappa shape index (κ3) is 1.71. The lowest BCUT2D eigenvalue weighted by Crippen LogP contribution is -2.38. The number of rotatable bonds is 3. The Morgan fingerprint density at radius 2 is 2.08 bits per heavy atom. The monoisotopic (exact) mass is 178 g/mol. The average molecular weight is 178 g/mol. The minimum atomic E-state index is 0.320. The van der Waals surface area contributed by atoms with Crippen molar-refractivity contribution in [2.75, 3.05) is 6.54 Å². The first-order valence-electron chi connectivity index (χ1n) is 5.52. The second kappa shape index (κ2) is 3.67. The normalized spacial score (nSPS) is 33.6. The number of nitriles is 1. The molecule has 0 bridgehead atoms. The highest BCUT2D eigenvalue weighted by atomic mass is 15.2. The van der Waals surface area contributed by atoms with Gasteiger partial charge in [0, 0.05) is 12.1 Å². The molecule has 72 valence electrons. The number of nitrogens with zero attached hydrogens (tertiary/aromatic N) is 2. The Balaban J connectivity index is 2.00. The Morgan fingerprint density at radius 3 is 2.62 bits per heavy atom.